The maximum absolute atomic E-state index is 12.0. The van der Waals surface area contributed by atoms with Crippen molar-refractivity contribution in [2.45, 2.75) is 38.8 Å². The van der Waals surface area contributed by atoms with Crippen LogP contribution in [0.4, 0.5) is 0 Å². The maximum atomic E-state index is 12.0. The number of nitrogens with one attached hydrogen (secondary N) is 1. The number of carbonyl (C=O) groups is 1. The van der Waals surface area contributed by atoms with Gasteiger partial charge < -0.3 is 14.8 Å². The van der Waals surface area contributed by atoms with Crippen LogP contribution in [0.25, 0.3) is 0 Å². The Kier molecular flexibility index (Phi) is 6.07. The highest BCUT2D eigenvalue weighted by Crippen LogP contribution is 2.16. The normalized spacial score (nSPS) is 16.6. The average Bonchev–Trinajstić information content (AvgIpc) is 3.15. The van der Waals surface area contributed by atoms with Gasteiger partial charge in [0.2, 0.25) is 5.91 Å². The van der Waals surface area contributed by atoms with Crippen LogP contribution in [0.15, 0.2) is 48.5 Å². The lowest BCUT2D eigenvalue weighted by molar-refractivity contribution is -0.120. The van der Waals surface area contributed by atoms with Crippen LogP contribution in [0.2, 0.25) is 0 Å². The second kappa shape index (κ2) is 8.67. The molecule has 1 aliphatic heterocycles. The first-order chi connectivity index (χ1) is 12.2. The zero-order chi connectivity index (χ0) is 17.5. The summed E-state index contributed by atoms with van der Waals surface area (Å²) < 4.78 is 11.3. The molecule has 0 aliphatic carbocycles. The van der Waals surface area contributed by atoms with E-state index in [0.29, 0.717) is 19.6 Å². The molecule has 1 N–H and O–H groups in total. The third kappa shape index (κ3) is 5.61. The fourth-order valence-corrected chi connectivity index (χ4v) is 2.82. The van der Waals surface area contributed by atoms with Crippen molar-refractivity contribution in [3.8, 4) is 5.75 Å². The Balaban J connectivity index is 1.41. The van der Waals surface area contributed by atoms with E-state index in [-0.39, 0.29) is 12.0 Å². The molecule has 4 heteroatoms. The first-order valence-corrected chi connectivity index (χ1v) is 8.84. The summed E-state index contributed by atoms with van der Waals surface area (Å²) in [6.07, 6.45) is 2.82. The molecule has 0 bridgehead atoms. The summed E-state index contributed by atoms with van der Waals surface area (Å²) >= 11 is 0. The predicted octanol–water partition coefficient (Wildman–Crippen LogP) is 3.41. The van der Waals surface area contributed by atoms with Gasteiger partial charge in [-0.15, -0.1) is 0 Å². The summed E-state index contributed by atoms with van der Waals surface area (Å²) in [5.41, 5.74) is 3.29. The Morgan fingerprint density at radius 3 is 2.52 bits per heavy atom. The van der Waals surface area contributed by atoms with Crippen molar-refractivity contribution in [3.05, 3.63) is 65.2 Å². The van der Waals surface area contributed by atoms with Gasteiger partial charge in [0.25, 0.3) is 0 Å². The number of rotatable bonds is 7. The molecular weight excluding hydrogens is 314 g/mol. The fraction of sp³-hybridized carbons (Fsp3) is 0.381. The highest BCUT2D eigenvalue weighted by Gasteiger charge is 2.15. The fourth-order valence-electron chi connectivity index (χ4n) is 2.82. The lowest BCUT2D eigenvalue weighted by Crippen LogP contribution is -2.24. The van der Waals surface area contributed by atoms with Gasteiger partial charge in [-0.2, -0.15) is 0 Å². The minimum Gasteiger partial charge on any atom is -0.491 e. The van der Waals surface area contributed by atoms with E-state index in [9.17, 15) is 4.79 Å². The van der Waals surface area contributed by atoms with Crippen molar-refractivity contribution in [2.24, 2.45) is 0 Å². The largest absolute Gasteiger partial charge is 0.491 e. The van der Waals surface area contributed by atoms with Crippen molar-refractivity contribution in [1.29, 1.82) is 0 Å². The average molecular weight is 339 g/mol. The third-order valence-electron chi connectivity index (χ3n) is 4.36. The van der Waals surface area contributed by atoms with Gasteiger partial charge in [-0.25, -0.2) is 0 Å². The molecule has 4 nitrogen and oxygen atoms in total. The van der Waals surface area contributed by atoms with E-state index in [4.69, 9.17) is 9.47 Å². The molecule has 0 radical (unpaired) electrons. The topological polar surface area (TPSA) is 47.6 Å². The van der Waals surface area contributed by atoms with Crippen LogP contribution >= 0.6 is 0 Å². The lowest BCUT2D eigenvalue weighted by Gasteiger charge is -2.12. The summed E-state index contributed by atoms with van der Waals surface area (Å²) in [4.78, 5) is 12.0. The van der Waals surface area contributed by atoms with Gasteiger partial charge >= 0.3 is 0 Å². The van der Waals surface area contributed by atoms with E-state index >= 15 is 0 Å². The molecule has 1 atom stereocenters. The first kappa shape index (κ1) is 17.5. The van der Waals surface area contributed by atoms with E-state index in [1.165, 1.54) is 5.56 Å². The molecule has 0 saturated carbocycles. The van der Waals surface area contributed by atoms with Crippen LogP contribution in [0.5, 0.6) is 5.75 Å². The lowest BCUT2D eigenvalue weighted by atomic mass is 10.1. The molecule has 1 amide bonds. The molecule has 2 aromatic rings. The van der Waals surface area contributed by atoms with E-state index in [2.05, 4.69) is 5.32 Å². The molecule has 1 saturated heterocycles. The van der Waals surface area contributed by atoms with Crippen molar-refractivity contribution in [1.82, 2.24) is 5.32 Å². The van der Waals surface area contributed by atoms with Gasteiger partial charge in [0.15, 0.2) is 0 Å². The van der Waals surface area contributed by atoms with Crippen LogP contribution in [-0.4, -0.2) is 25.2 Å². The van der Waals surface area contributed by atoms with E-state index < -0.39 is 0 Å². The molecule has 2 aromatic carbocycles. The summed E-state index contributed by atoms with van der Waals surface area (Å²) in [7, 11) is 0. The number of amides is 1. The molecule has 3 rings (SSSR count). The predicted molar refractivity (Wildman–Crippen MR) is 97.6 cm³/mol. The zero-order valence-corrected chi connectivity index (χ0v) is 14.7. The van der Waals surface area contributed by atoms with Crippen molar-refractivity contribution < 1.29 is 14.3 Å². The second-order valence-electron chi connectivity index (χ2n) is 6.53. The van der Waals surface area contributed by atoms with Gasteiger partial charge in [-0.1, -0.05) is 42.0 Å². The summed E-state index contributed by atoms with van der Waals surface area (Å²) in [6, 6.07) is 15.9. The summed E-state index contributed by atoms with van der Waals surface area (Å²) in [5, 5.41) is 2.96. The quantitative estimate of drug-likeness (QED) is 0.841. The SMILES string of the molecule is Cc1ccc(CC(=O)NCc2ccc(OC[C@H]3CCCO3)cc2)cc1. The molecule has 1 heterocycles. The van der Waals surface area contributed by atoms with Crippen molar-refractivity contribution >= 4 is 5.91 Å². The van der Waals surface area contributed by atoms with Gasteiger partial charge in [0, 0.05) is 13.2 Å². The van der Waals surface area contributed by atoms with Gasteiger partial charge in [0.1, 0.15) is 12.4 Å². The van der Waals surface area contributed by atoms with Crippen LogP contribution in [0, 0.1) is 6.92 Å². The monoisotopic (exact) mass is 339 g/mol. The van der Waals surface area contributed by atoms with Crippen LogP contribution in [-0.2, 0) is 22.5 Å². The number of benzene rings is 2. The van der Waals surface area contributed by atoms with E-state index in [1.54, 1.807) is 0 Å². The Morgan fingerprint density at radius 2 is 1.84 bits per heavy atom. The van der Waals surface area contributed by atoms with E-state index in [1.807, 2.05) is 55.5 Å². The summed E-state index contributed by atoms with van der Waals surface area (Å²) in [6.45, 7) is 4.01. The van der Waals surface area contributed by atoms with Gasteiger partial charge in [-0.05, 0) is 43.0 Å². The number of carbonyl (C=O) groups excluding carboxylic acids is 1. The molecule has 0 aromatic heterocycles. The molecular formula is C21H25NO3. The number of ether oxygens (including phenoxy) is 2. The smallest absolute Gasteiger partial charge is 0.224 e. The molecule has 1 aliphatic rings. The Bertz CT molecular complexity index is 673. The Hall–Kier alpha value is -2.33. The van der Waals surface area contributed by atoms with Crippen LogP contribution in [0.3, 0.4) is 0 Å². The van der Waals surface area contributed by atoms with Crippen LogP contribution in [0.1, 0.15) is 29.5 Å². The minimum absolute atomic E-state index is 0.0301. The molecule has 25 heavy (non-hydrogen) atoms. The minimum atomic E-state index is 0.0301. The molecule has 132 valence electrons. The van der Waals surface area contributed by atoms with Crippen LogP contribution < -0.4 is 10.1 Å². The zero-order valence-electron chi connectivity index (χ0n) is 14.7. The molecule has 0 unspecified atom stereocenters. The number of hydrogen-bond donors (Lipinski definition) is 1. The second-order valence-corrected chi connectivity index (χ2v) is 6.53. The maximum Gasteiger partial charge on any atom is 0.224 e. The first-order valence-electron chi connectivity index (χ1n) is 8.84. The standard InChI is InChI=1S/C21H25NO3/c1-16-4-6-17(7-5-16)13-21(23)22-14-18-8-10-19(11-9-18)25-15-20-3-2-12-24-20/h4-11,20H,2-3,12-15H2,1H3,(H,22,23)/t20-/m1/s1. The van der Waals surface area contributed by atoms with Gasteiger partial charge in [-0.3, -0.25) is 4.79 Å². The molecule has 1 fully saturated rings. The Labute approximate surface area is 149 Å². The molecule has 0 spiro atoms. The number of aryl methyl sites for hydroxylation is 1. The summed E-state index contributed by atoms with van der Waals surface area (Å²) in [5.74, 6) is 0.868. The highest BCUT2D eigenvalue weighted by atomic mass is 16.5. The van der Waals surface area contributed by atoms with Crippen molar-refractivity contribution in [3.63, 3.8) is 0 Å². The van der Waals surface area contributed by atoms with Gasteiger partial charge in [0.05, 0.1) is 12.5 Å². The van der Waals surface area contributed by atoms with Crippen molar-refractivity contribution in [2.75, 3.05) is 13.2 Å². The third-order valence-corrected chi connectivity index (χ3v) is 4.36. The number of hydrogen-bond acceptors (Lipinski definition) is 3. The highest BCUT2D eigenvalue weighted by molar-refractivity contribution is 5.78. The van der Waals surface area contributed by atoms with E-state index in [0.717, 1.165) is 36.3 Å². The Morgan fingerprint density at radius 1 is 1.12 bits per heavy atom.